The molecular weight excluding hydrogens is 643 g/mol. The molecule has 0 saturated heterocycles. The van der Waals surface area contributed by atoms with E-state index in [1.165, 1.54) is 44.5 Å². The van der Waals surface area contributed by atoms with E-state index in [9.17, 15) is 0 Å². The molecule has 1 heterocycles. The Kier molecular flexibility index (Phi) is 8.47. The first-order valence-corrected chi connectivity index (χ1v) is 18.1. The molecule has 2 nitrogen and oxygen atoms in total. The number of aryl methyl sites for hydroxylation is 1. The van der Waals surface area contributed by atoms with Gasteiger partial charge in [-0.2, -0.15) is 0 Å². The van der Waals surface area contributed by atoms with Crippen LogP contribution in [0.25, 0.3) is 66.8 Å². The number of hydrogen-bond acceptors (Lipinski definition) is 2. The van der Waals surface area contributed by atoms with Crippen LogP contribution < -0.4 is 4.90 Å². The third kappa shape index (κ3) is 6.22. The van der Waals surface area contributed by atoms with E-state index in [2.05, 4.69) is 206 Å². The summed E-state index contributed by atoms with van der Waals surface area (Å²) in [7, 11) is 0. The fraction of sp³-hybridized carbons (Fsp3) is 0.0196. The highest BCUT2D eigenvalue weighted by molar-refractivity contribution is 5.93. The van der Waals surface area contributed by atoms with Gasteiger partial charge in [0.1, 0.15) is 11.3 Å². The zero-order valence-corrected chi connectivity index (χ0v) is 29.5. The van der Waals surface area contributed by atoms with Crippen LogP contribution in [0.4, 0.5) is 17.1 Å². The molecule has 0 fully saturated rings. The van der Waals surface area contributed by atoms with Gasteiger partial charge in [0.05, 0.1) is 0 Å². The van der Waals surface area contributed by atoms with Crippen molar-refractivity contribution in [1.29, 1.82) is 0 Å². The number of hydrogen-bond donors (Lipinski definition) is 0. The molecule has 2 heteroatoms. The third-order valence-electron chi connectivity index (χ3n) is 10.1. The van der Waals surface area contributed by atoms with Gasteiger partial charge in [-0.3, -0.25) is 0 Å². The topological polar surface area (TPSA) is 16.4 Å². The monoisotopic (exact) mass is 679 g/mol. The van der Waals surface area contributed by atoms with Crippen molar-refractivity contribution in [1.82, 2.24) is 0 Å². The SMILES string of the molecule is Cc1c(-c2cccc(N(c3ccc(-c4ccccc4)cc3)c3ccc(-c4ccccc4-c4ccccc4-c4ccccc4)cc3)c2)oc2ccccc12. The number of fused-ring (bicyclic) bond motifs is 1. The van der Waals surface area contributed by atoms with Crippen LogP contribution >= 0.6 is 0 Å². The lowest BCUT2D eigenvalue weighted by atomic mass is 9.89. The molecule has 1 aromatic heterocycles. The highest BCUT2D eigenvalue weighted by Crippen LogP contribution is 2.42. The van der Waals surface area contributed by atoms with E-state index in [4.69, 9.17) is 4.42 Å². The van der Waals surface area contributed by atoms with Crippen LogP contribution in [0.15, 0.2) is 211 Å². The molecule has 0 aliphatic rings. The van der Waals surface area contributed by atoms with Gasteiger partial charge < -0.3 is 9.32 Å². The molecular formula is C51H37NO. The maximum absolute atomic E-state index is 6.43. The molecule has 0 aliphatic heterocycles. The zero-order valence-electron chi connectivity index (χ0n) is 29.5. The molecule has 0 amide bonds. The summed E-state index contributed by atoms with van der Waals surface area (Å²) in [5.74, 6) is 0.898. The molecule has 8 aromatic carbocycles. The molecule has 0 N–H and O–H groups in total. The Morgan fingerprint density at radius 2 is 0.792 bits per heavy atom. The molecule has 9 rings (SSSR count). The van der Waals surface area contributed by atoms with Crippen molar-refractivity contribution in [3.8, 4) is 55.8 Å². The largest absolute Gasteiger partial charge is 0.456 e. The Hall–Kier alpha value is -6.90. The van der Waals surface area contributed by atoms with Crippen molar-refractivity contribution >= 4 is 28.0 Å². The van der Waals surface area contributed by atoms with Gasteiger partial charge in [-0.1, -0.05) is 164 Å². The van der Waals surface area contributed by atoms with Crippen molar-refractivity contribution in [3.63, 3.8) is 0 Å². The maximum atomic E-state index is 6.43. The van der Waals surface area contributed by atoms with E-state index in [-0.39, 0.29) is 0 Å². The van der Waals surface area contributed by atoms with Crippen LogP contribution in [0.3, 0.4) is 0 Å². The second-order valence-corrected chi connectivity index (χ2v) is 13.4. The molecule has 0 saturated carbocycles. The van der Waals surface area contributed by atoms with Gasteiger partial charge in [0, 0.05) is 33.6 Å². The van der Waals surface area contributed by atoms with Crippen molar-refractivity contribution in [2.24, 2.45) is 0 Å². The molecule has 53 heavy (non-hydrogen) atoms. The van der Waals surface area contributed by atoms with E-state index in [0.717, 1.165) is 44.9 Å². The van der Waals surface area contributed by atoms with Crippen LogP contribution in [0.2, 0.25) is 0 Å². The molecule has 252 valence electrons. The quantitative estimate of drug-likeness (QED) is 0.159. The number of furan rings is 1. The standard InChI is InChI=1S/C51H37NO/c1-36-45-21-12-13-26-50(45)53-51(36)41-19-14-20-44(35-41)52(42-31-27-38(28-32-42)37-15-4-2-5-16-37)43-33-29-40(30-34-43)47-23-9-11-25-49(47)48-24-10-8-22-46(48)39-17-6-3-7-18-39/h2-35H,1H3. The first kappa shape index (κ1) is 32.0. The number of para-hydroxylation sites is 1. The van der Waals surface area contributed by atoms with Crippen LogP contribution in [0.5, 0.6) is 0 Å². The molecule has 0 unspecified atom stereocenters. The predicted octanol–water partition coefficient (Wildman–Crippen LogP) is 14.5. The fourth-order valence-electron chi connectivity index (χ4n) is 7.46. The predicted molar refractivity (Wildman–Crippen MR) is 223 cm³/mol. The average molecular weight is 680 g/mol. The van der Waals surface area contributed by atoms with Gasteiger partial charge in [0.15, 0.2) is 0 Å². The van der Waals surface area contributed by atoms with Crippen LogP contribution in [-0.2, 0) is 0 Å². The van der Waals surface area contributed by atoms with Crippen LogP contribution in [0.1, 0.15) is 5.56 Å². The number of rotatable bonds is 8. The molecule has 0 atom stereocenters. The summed E-state index contributed by atoms with van der Waals surface area (Å²) in [6, 6.07) is 73.3. The molecule has 0 aliphatic carbocycles. The summed E-state index contributed by atoms with van der Waals surface area (Å²) in [5.41, 5.74) is 15.9. The van der Waals surface area contributed by atoms with E-state index in [1.807, 2.05) is 12.1 Å². The lowest BCUT2D eigenvalue weighted by molar-refractivity contribution is 0.629. The van der Waals surface area contributed by atoms with Gasteiger partial charge in [-0.25, -0.2) is 0 Å². The fourth-order valence-corrected chi connectivity index (χ4v) is 7.46. The van der Waals surface area contributed by atoms with E-state index in [0.29, 0.717) is 0 Å². The average Bonchev–Trinajstić information content (AvgIpc) is 3.58. The highest BCUT2D eigenvalue weighted by atomic mass is 16.3. The minimum absolute atomic E-state index is 0.898. The summed E-state index contributed by atoms with van der Waals surface area (Å²) >= 11 is 0. The number of nitrogens with zero attached hydrogens (tertiary/aromatic N) is 1. The molecule has 0 radical (unpaired) electrons. The lowest BCUT2D eigenvalue weighted by Gasteiger charge is -2.26. The van der Waals surface area contributed by atoms with Gasteiger partial charge in [0.2, 0.25) is 0 Å². The number of benzene rings is 8. The van der Waals surface area contributed by atoms with Crippen molar-refractivity contribution < 1.29 is 4.42 Å². The summed E-state index contributed by atoms with van der Waals surface area (Å²) in [5, 5.41) is 1.14. The normalized spacial score (nSPS) is 11.1. The Morgan fingerprint density at radius 3 is 1.40 bits per heavy atom. The van der Waals surface area contributed by atoms with E-state index in [1.54, 1.807) is 0 Å². The summed E-state index contributed by atoms with van der Waals surface area (Å²) in [6.07, 6.45) is 0. The van der Waals surface area contributed by atoms with Crippen LogP contribution in [-0.4, -0.2) is 0 Å². The second kappa shape index (κ2) is 14.0. The lowest BCUT2D eigenvalue weighted by Crippen LogP contribution is -2.10. The van der Waals surface area contributed by atoms with Gasteiger partial charge in [-0.15, -0.1) is 0 Å². The molecule has 0 spiro atoms. The van der Waals surface area contributed by atoms with Gasteiger partial charge >= 0.3 is 0 Å². The van der Waals surface area contributed by atoms with Crippen molar-refractivity contribution in [2.75, 3.05) is 4.90 Å². The minimum atomic E-state index is 0.898. The van der Waals surface area contributed by atoms with Crippen LogP contribution in [0, 0.1) is 6.92 Å². The Balaban J connectivity index is 1.13. The third-order valence-corrected chi connectivity index (χ3v) is 10.1. The Bertz CT molecular complexity index is 2650. The van der Waals surface area contributed by atoms with E-state index < -0.39 is 0 Å². The molecule has 9 aromatic rings. The second-order valence-electron chi connectivity index (χ2n) is 13.4. The highest BCUT2D eigenvalue weighted by Gasteiger charge is 2.18. The summed E-state index contributed by atoms with van der Waals surface area (Å²) < 4.78 is 6.43. The smallest absolute Gasteiger partial charge is 0.138 e. The first-order valence-electron chi connectivity index (χ1n) is 18.1. The summed E-state index contributed by atoms with van der Waals surface area (Å²) in [6.45, 7) is 2.14. The zero-order chi connectivity index (χ0) is 35.6. The van der Waals surface area contributed by atoms with E-state index >= 15 is 0 Å². The number of anilines is 3. The first-order chi connectivity index (χ1) is 26.2. The summed E-state index contributed by atoms with van der Waals surface area (Å²) in [4.78, 5) is 2.33. The molecule has 0 bridgehead atoms. The maximum Gasteiger partial charge on any atom is 0.138 e. The van der Waals surface area contributed by atoms with Gasteiger partial charge in [-0.05, 0) is 93.9 Å². The van der Waals surface area contributed by atoms with Crippen molar-refractivity contribution in [3.05, 3.63) is 212 Å². The van der Waals surface area contributed by atoms with Crippen molar-refractivity contribution in [2.45, 2.75) is 6.92 Å². The Morgan fingerprint density at radius 1 is 0.340 bits per heavy atom. The minimum Gasteiger partial charge on any atom is -0.456 e. The van der Waals surface area contributed by atoms with Gasteiger partial charge in [0.25, 0.3) is 0 Å². The Labute approximate surface area is 310 Å².